The Bertz CT molecular complexity index is 1820. The molecular formula is C28H29N9O3SSi. The molecule has 214 valence electrons. The third-order valence-corrected chi connectivity index (χ3v) is 9.22. The number of nitrogens with one attached hydrogen (secondary N) is 1. The number of aromatic nitrogens is 7. The van der Waals surface area contributed by atoms with Gasteiger partial charge in [0.1, 0.15) is 5.03 Å². The minimum Gasteiger partial charge on any atom is -0.459 e. The molecule has 0 aliphatic heterocycles. The third kappa shape index (κ3) is 6.43. The molecule has 12 nitrogen and oxygen atoms in total. The van der Waals surface area contributed by atoms with Crippen molar-refractivity contribution in [1.29, 1.82) is 0 Å². The van der Waals surface area contributed by atoms with Gasteiger partial charge in [0.25, 0.3) is 0 Å². The van der Waals surface area contributed by atoms with Crippen LogP contribution in [0.4, 0.5) is 11.5 Å². The molecule has 1 saturated carbocycles. The highest BCUT2D eigenvalue weighted by molar-refractivity contribution is 7.99. The molecule has 1 aliphatic carbocycles. The fraction of sp³-hybridized carbons (Fsp3) is 0.321. The lowest BCUT2D eigenvalue weighted by Crippen LogP contribution is -2.22. The maximum absolute atomic E-state index is 12.1. The Kier molecular flexibility index (Phi) is 7.63. The molecule has 1 fully saturated rings. The number of ether oxygens (including phenoxy) is 2. The molecule has 6 rings (SSSR count). The third-order valence-electron chi connectivity index (χ3n) is 6.62. The zero-order valence-corrected chi connectivity index (χ0v) is 25.3. The predicted molar refractivity (Wildman–Crippen MR) is 161 cm³/mol. The summed E-state index contributed by atoms with van der Waals surface area (Å²) < 4.78 is 14.8. The summed E-state index contributed by atoms with van der Waals surface area (Å²) in [5, 5.41) is 17.4. The molecule has 14 heteroatoms. The number of anilines is 1. The first-order chi connectivity index (χ1) is 20.3. The van der Waals surface area contributed by atoms with Crippen molar-refractivity contribution in [2.45, 2.75) is 48.7 Å². The van der Waals surface area contributed by atoms with Crippen molar-refractivity contribution in [3.63, 3.8) is 0 Å². The molecule has 0 saturated heterocycles. The van der Waals surface area contributed by atoms with E-state index in [4.69, 9.17) is 16.0 Å². The van der Waals surface area contributed by atoms with Crippen LogP contribution in [0.15, 0.2) is 59.1 Å². The first-order valence-electron chi connectivity index (χ1n) is 13.5. The molecule has 0 unspecified atom stereocenters. The van der Waals surface area contributed by atoms with Gasteiger partial charge in [-0.3, -0.25) is 9.20 Å². The van der Waals surface area contributed by atoms with E-state index in [0.29, 0.717) is 39.6 Å². The van der Waals surface area contributed by atoms with Crippen LogP contribution in [0.1, 0.15) is 12.8 Å². The van der Waals surface area contributed by atoms with Crippen molar-refractivity contribution in [2.75, 3.05) is 18.7 Å². The van der Waals surface area contributed by atoms with Gasteiger partial charge in [-0.2, -0.15) is 5.10 Å². The van der Waals surface area contributed by atoms with Crippen LogP contribution in [0.5, 0.6) is 5.88 Å². The summed E-state index contributed by atoms with van der Waals surface area (Å²) in [6.07, 6.45) is 7.14. The van der Waals surface area contributed by atoms with Gasteiger partial charge in [-0.05, 0) is 72.1 Å². The highest BCUT2D eigenvalue weighted by atomic mass is 32.2. The predicted octanol–water partition coefficient (Wildman–Crippen LogP) is 5.58. The highest BCUT2D eigenvalue weighted by Gasteiger charge is 2.30. The van der Waals surface area contributed by atoms with Crippen LogP contribution in [0.3, 0.4) is 0 Å². The average molecular weight is 600 g/mol. The Hall–Kier alpha value is -4.32. The van der Waals surface area contributed by atoms with Crippen molar-refractivity contribution in [1.82, 2.24) is 34.2 Å². The summed E-state index contributed by atoms with van der Waals surface area (Å²) in [5.74, 6) is 0.831. The molecule has 0 atom stereocenters. The smallest absolute Gasteiger partial charge is 0.247 e. The van der Waals surface area contributed by atoms with Gasteiger partial charge in [0.05, 0.1) is 12.8 Å². The van der Waals surface area contributed by atoms with Gasteiger partial charge in [0.15, 0.2) is 23.9 Å². The molecule has 5 heterocycles. The standard InChI is InChI=1S/C28H29N9O3SSi/c1-29-21-13-20(14-30-27(21)40-17-39-11-12-42(2,3)4)19-7-8-24-33-34-28(36(24)15-19)41-25-10-9-23-31-22(16-37(23)35-25)32-26(38)18-5-6-18/h7-10,13-16,18H,5-6,11-12,17H2,2-4H3,(H,32,38). The summed E-state index contributed by atoms with van der Waals surface area (Å²) in [6.45, 7) is 15.2. The van der Waals surface area contributed by atoms with Crippen LogP contribution in [-0.2, 0) is 9.53 Å². The van der Waals surface area contributed by atoms with E-state index in [2.05, 4.69) is 55.1 Å². The summed E-state index contributed by atoms with van der Waals surface area (Å²) in [6, 6.07) is 10.3. The summed E-state index contributed by atoms with van der Waals surface area (Å²) >= 11 is 1.35. The number of imidazole rings is 1. The Labute approximate surface area is 247 Å². The second-order valence-corrected chi connectivity index (χ2v) is 17.8. The fourth-order valence-electron chi connectivity index (χ4n) is 4.08. The van der Waals surface area contributed by atoms with Gasteiger partial charge in [-0.25, -0.2) is 19.3 Å². The molecule has 42 heavy (non-hydrogen) atoms. The first-order valence-corrected chi connectivity index (χ1v) is 18.1. The molecule has 5 aromatic heterocycles. The van der Waals surface area contributed by atoms with Gasteiger partial charge >= 0.3 is 0 Å². The normalized spacial score (nSPS) is 13.4. The van der Waals surface area contributed by atoms with Gasteiger partial charge < -0.3 is 14.8 Å². The van der Waals surface area contributed by atoms with Crippen molar-refractivity contribution in [3.8, 4) is 17.0 Å². The lowest BCUT2D eigenvalue weighted by molar-refractivity contribution is -0.117. The van der Waals surface area contributed by atoms with E-state index in [1.807, 2.05) is 34.9 Å². The Morgan fingerprint density at radius 2 is 1.98 bits per heavy atom. The van der Waals surface area contributed by atoms with Crippen molar-refractivity contribution in [3.05, 3.63) is 60.3 Å². The van der Waals surface area contributed by atoms with Crippen LogP contribution < -0.4 is 10.1 Å². The van der Waals surface area contributed by atoms with Crippen molar-refractivity contribution < 1.29 is 14.3 Å². The number of rotatable bonds is 11. The SMILES string of the molecule is [C-]#[N+]c1cc(-c2ccc3nnc(Sc4ccc5nc(NC(=O)C6CC6)cn5n4)n3c2)cnc1OCOCC[Si](C)(C)C. The molecule has 1 amide bonds. The number of pyridine rings is 2. The van der Waals surface area contributed by atoms with Crippen LogP contribution in [0, 0.1) is 12.5 Å². The van der Waals surface area contributed by atoms with E-state index in [-0.39, 0.29) is 24.5 Å². The molecular weight excluding hydrogens is 571 g/mol. The van der Waals surface area contributed by atoms with Crippen molar-refractivity contribution in [2.24, 2.45) is 5.92 Å². The number of nitrogens with zero attached hydrogens (tertiary/aromatic N) is 8. The summed E-state index contributed by atoms with van der Waals surface area (Å²) in [5.41, 5.74) is 3.22. The quantitative estimate of drug-likeness (QED) is 0.0897. The number of amides is 1. The minimum absolute atomic E-state index is 0.00137. The Morgan fingerprint density at radius 1 is 1.14 bits per heavy atom. The topological polar surface area (TPSA) is 125 Å². The van der Waals surface area contributed by atoms with E-state index in [0.717, 1.165) is 30.0 Å². The Morgan fingerprint density at radius 3 is 2.76 bits per heavy atom. The molecule has 0 aromatic carbocycles. The van der Waals surface area contributed by atoms with E-state index in [1.165, 1.54) is 11.8 Å². The van der Waals surface area contributed by atoms with Crippen LogP contribution in [0.2, 0.25) is 25.7 Å². The maximum atomic E-state index is 12.1. The van der Waals surface area contributed by atoms with Crippen molar-refractivity contribution >= 4 is 48.5 Å². The lowest BCUT2D eigenvalue weighted by Gasteiger charge is -2.15. The highest BCUT2D eigenvalue weighted by Crippen LogP contribution is 2.33. The first kappa shape index (κ1) is 27.8. The molecule has 5 aromatic rings. The fourth-order valence-corrected chi connectivity index (χ4v) is 5.62. The molecule has 0 radical (unpaired) electrons. The zero-order chi connectivity index (χ0) is 29.3. The van der Waals surface area contributed by atoms with Gasteiger partial charge in [-0.15, -0.1) is 10.2 Å². The molecule has 0 spiro atoms. The van der Waals surface area contributed by atoms with E-state index >= 15 is 0 Å². The minimum atomic E-state index is -1.18. The summed E-state index contributed by atoms with van der Waals surface area (Å²) in [4.78, 5) is 24.5. The van der Waals surface area contributed by atoms with Gasteiger partial charge in [0.2, 0.25) is 22.6 Å². The second kappa shape index (κ2) is 11.5. The number of carbonyl (C=O) groups is 1. The van der Waals surface area contributed by atoms with Crippen LogP contribution in [-0.4, -0.2) is 61.6 Å². The number of hydrogen-bond acceptors (Lipinski definition) is 9. The largest absolute Gasteiger partial charge is 0.459 e. The van der Waals surface area contributed by atoms with Crippen LogP contribution >= 0.6 is 11.8 Å². The summed E-state index contributed by atoms with van der Waals surface area (Å²) in [7, 11) is -1.18. The van der Waals surface area contributed by atoms with Gasteiger partial charge in [0, 0.05) is 33.0 Å². The second-order valence-electron chi connectivity index (χ2n) is 11.2. The van der Waals surface area contributed by atoms with Gasteiger partial charge in [-0.1, -0.05) is 19.6 Å². The number of hydrogen-bond donors (Lipinski definition) is 1. The average Bonchev–Trinajstić information content (AvgIpc) is 3.64. The van der Waals surface area contributed by atoms with E-state index in [9.17, 15) is 4.79 Å². The monoisotopic (exact) mass is 599 g/mol. The zero-order valence-electron chi connectivity index (χ0n) is 23.4. The number of carbonyl (C=O) groups excluding carboxylic acids is 1. The molecule has 1 N–H and O–H groups in total. The number of fused-ring (bicyclic) bond motifs is 2. The maximum Gasteiger partial charge on any atom is 0.247 e. The van der Waals surface area contributed by atoms with Crippen LogP contribution in [0.25, 0.3) is 27.3 Å². The molecule has 0 bridgehead atoms. The Balaban J connectivity index is 1.17. The van der Waals surface area contributed by atoms with E-state index < -0.39 is 8.07 Å². The lowest BCUT2D eigenvalue weighted by atomic mass is 10.1. The molecule has 1 aliphatic rings. The van der Waals surface area contributed by atoms with E-state index in [1.54, 1.807) is 23.0 Å².